The number of rotatable bonds is 2. The van der Waals surface area contributed by atoms with E-state index in [-0.39, 0.29) is 11.6 Å². The number of carbonyl (C=O) groups is 1. The molecule has 0 aromatic carbocycles. The summed E-state index contributed by atoms with van der Waals surface area (Å²) in [5.74, 6) is 0.0452. The molecule has 0 radical (unpaired) electrons. The van der Waals surface area contributed by atoms with Crippen LogP contribution in [0.3, 0.4) is 0 Å². The Morgan fingerprint density at radius 3 is 2.73 bits per heavy atom. The van der Waals surface area contributed by atoms with Crippen molar-refractivity contribution in [2.75, 3.05) is 0 Å². The lowest BCUT2D eigenvalue weighted by Crippen LogP contribution is -2.33. The van der Waals surface area contributed by atoms with Crippen molar-refractivity contribution in [1.29, 1.82) is 0 Å². The zero-order chi connectivity index (χ0) is 8.43. The molecule has 58 valence electrons. The average Bonchev–Trinajstić information content (AvgIpc) is 2.30. The third kappa shape index (κ3) is 1.09. The Labute approximate surface area is 61.6 Å². The fourth-order valence-electron chi connectivity index (χ4n) is 0.744. The van der Waals surface area contributed by atoms with Crippen LogP contribution in [0.4, 0.5) is 5.82 Å². The van der Waals surface area contributed by atoms with Gasteiger partial charge in [0.2, 0.25) is 12.5 Å². The van der Waals surface area contributed by atoms with Gasteiger partial charge >= 0.3 is 11.6 Å². The minimum atomic E-state index is -0.566. The van der Waals surface area contributed by atoms with Gasteiger partial charge in [-0.3, -0.25) is 4.79 Å². The second-order valence-electron chi connectivity index (χ2n) is 1.97. The second kappa shape index (κ2) is 2.49. The van der Waals surface area contributed by atoms with Crippen LogP contribution < -0.4 is 4.57 Å². The van der Waals surface area contributed by atoms with E-state index in [9.17, 15) is 14.9 Å². The summed E-state index contributed by atoms with van der Waals surface area (Å²) in [7, 11) is 1.44. The maximum atomic E-state index is 10.2. The molecule has 0 atom stereocenters. The highest BCUT2D eigenvalue weighted by atomic mass is 16.6. The Kier molecular flexibility index (Phi) is 1.67. The maximum Gasteiger partial charge on any atom is 0.434 e. The number of nitro groups is 1. The number of H-pyrrole nitrogens is 1. The number of aldehydes is 1. The molecule has 1 aromatic rings. The molecular formula is C5H6N3O3+. The van der Waals surface area contributed by atoms with Gasteiger partial charge in [0, 0.05) is 4.92 Å². The fraction of sp³-hybridized carbons (Fsp3) is 0.200. The molecule has 11 heavy (non-hydrogen) atoms. The van der Waals surface area contributed by atoms with Gasteiger partial charge in [-0.1, -0.05) is 0 Å². The lowest BCUT2D eigenvalue weighted by molar-refractivity contribution is -0.714. The topological polar surface area (TPSA) is 79.9 Å². The number of hydrogen-bond acceptors (Lipinski definition) is 3. The summed E-state index contributed by atoms with van der Waals surface area (Å²) in [4.78, 5) is 22.3. The zero-order valence-electron chi connectivity index (χ0n) is 5.77. The van der Waals surface area contributed by atoms with Crippen LogP contribution in [0.25, 0.3) is 0 Å². The van der Waals surface area contributed by atoms with E-state index >= 15 is 0 Å². The predicted molar refractivity (Wildman–Crippen MR) is 34.0 cm³/mol. The van der Waals surface area contributed by atoms with E-state index in [1.54, 1.807) is 0 Å². The molecule has 0 aliphatic carbocycles. The van der Waals surface area contributed by atoms with Crippen LogP contribution in [0.1, 0.15) is 10.6 Å². The second-order valence-corrected chi connectivity index (χ2v) is 1.97. The van der Waals surface area contributed by atoms with Crippen LogP contribution in [0.2, 0.25) is 0 Å². The summed E-state index contributed by atoms with van der Waals surface area (Å²) < 4.78 is 1.17. The molecule has 1 rings (SSSR count). The van der Waals surface area contributed by atoms with Crippen molar-refractivity contribution >= 4 is 12.1 Å². The smallest absolute Gasteiger partial charge is 0.323 e. The van der Waals surface area contributed by atoms with E-state index in [4.69, 9.17) is 0 Å². The van der Waals surface area contributed by atoms with E-state index in [1.165, 1.54) is 17.8 Å². The molecule has 1 aromatic heterocycles. The van der Waals surface area contributed by atoms with Crippen LogP contribution in [0, 0.1) is 10.1 Å². The Bertz CT molecular complexity index is 304. The van der Waals surface area contributed by atoms with Crippen molar-refractivity contribution in [2.45, 2.75) is 0 Å². The van der Waals surface area contributed by atoms with Gasteiger partial charge in [0.15, 0.2) is 0 Å². The first-order valence-electron chi connectivity index (χ1n) is 2.83. The summed E-state index contributed by atoms with van der Waals surface area (Å²) in [5, 5.41) is 10.2. The molecule has 0 unspecified atom stereocenters. The van der Waals surface area contributed by atoms with E-state index in [0.717, 1.165) is 0 Å². The largest absolute Gasteiger partial charge is 0.434 e. The lowest BCUT2D eigenvalue weighted by atomic mass is 10.7. The summed E-state index contributed by atoms with van der Waals surface area (Å²) >= 11 is 0. The molecule has 1 heterocycles. The Hall–Kier alpha value is -1.72. The molecule has 1 N–H and O–H groups in total. The molecule has 0 aliphatic rings. The highest BCUT2D eigenvalue weighted by Crippen LogP contribution is 2.00. The van der Waals surface area contributed by atoms with Gasteiger partial charge in [-0.2, -0.15) is 0 Å². The van der Waals surface area contributed by atoms with Gasteiger partial charge < -0.3 is 10.1 Å². The van der Waals surface area contributed by atoms with Crippen molar-refractivity contribution < 1.29 is 14.3 Å². The molecule has 6 nitrogen and oxygen atoms in total. The molecule has 0 spiro atoms. The van der Waals surface area contributed by atoms with Crippen molar-refractivity contribution in [2.24, 2.45) is 7.05 Å². The van der Waals surface area contributed by atoms with Crippen LogP contribution in [-0.4, -0.2) is 16.2 Å². The molecule has 0 bridgehead atoms. The highest BCUT2D eigenvalue weighted by molar-refractivity contribution is 5.66. The van der Waals surface area contributed by atoms with Gasteiger partial charge in [-0.25, -0.2) is 4.98 Å². The molecule has 0 fully saturated rings. The summed E-state index contributed by atoms with van der Waals surface area (Å²) in [5.41, 5.74) is 0. The molecular weight excluding hydrogens is 150 g/mol. The number of aromatic amines is 1. The van der Waals surface area contributed by atoms with Crippen molar-refractivity contribution in [1.82, 2.24) is 4.98 Å². The van der Waals surface area contributed by atoms with Crippen LogP contribution in [-0.2, 0) is 7.05 Å². The normalized spacial score (nSPS) is 9.55. The third-order valence-electron chi connectivity index (χ3n) is 1.35. The number of imidazole rings is 1. The quantitative estimate of drug-likeness (QED) is 0.273. The molecule has 0 aliphatic heterocycles. The monoisotopic (exact) mass is 156 g/mol. The number of aromatic nitrogens is 2. The first-order valence-corrected chi connectivity index (χ1v) is 2.83. The molecule has 0 saturated heterocycles. The number of nitrogens with one attached hydrogen (secondary N) is 1. The van der Waals surface area contributed by atoms with Gasteiger partial charge in [-0.05, 0) is 0 Å². The summed E-state index contributed by atoms with van der Waals surface area (Å²) in [6.45, 7) is 0. The number of hydrogen-bond donors (Lipinski definition) is 1. The Morgan fingerprint density at radius 2 is 2.45 bits per heavy atom. The molecule has 0 saturated carbocycles. The van der Waals surface area contributed by atoms with Gasteiger partial charge in [0.05, 0.1) is 0 Å². The van der Waals surface area contributed by atoms with E-state index in [1.807, 2.05) is 0 Å². The fourth-order valence-corrected chi connectivity index (χ4v) is 0.744. The SMILES string of the molecule is C[n+]1c([N+](=O)[O-])c[nH]c1C=O. The van der Waals surface area contributed by atoms with E-state index in [2.05, 4.69) is 4.98 Å². The molecule has 6 heteroatoms. The van der Waals surface area contributed by atoms with Crippen molar-refractivity contribution in [3.63, 3.8) is 0 Å². The van der Waals surface area contributed by atoms with Crippen molar-refractivity contribution in [3.8, 4) is 0 Å². The minimum Gasteiger partial charge on any atom is -0.323 e. The van der Waals surface area contributed by atoms with Crippen LogP contribution in [0.15, 0.2) is 6.20 Å². The number of carbonyl (C=O) groups excluding carboxylic acids is 1. The maximum absolute atomic E-state index is 10.2. The summed E-state index contributed by atoms with van der Waals surface area (Å²) in [6.07, 6.45) is 1.69. The first-order chi connectivity index (χ1) is 5.16. The van der Waals surface area contributed by atoms with Gasteiger partial charge in [-0.15, -0.1) is 4.57 Å². The van der Waals surface area contributed by atoms with Crippen molar-refractivity contribution in [3.05, 3.63) is 22.1 Å². The van der Waals surface area contributed by atoms with Gasteiger partial charge in [0.25, 0.3) is 0 Å². The van der Waals surface area contributed by atoms with Crippen LogP contribution in [0.5, 0.6) is 0 Å². The number of nitrogens with zero attached hydrogens (tertiary/aromatic N) is 2. The lowest BCUT2D eigenvalue weighted by Gasteiger charge is -1.85. The highest BCUT2D eigenvalue weighted by Gasteiger charge is 2.22. The Balaban J connectivity index is 3.20. The summed E-state index contributed by atoms with van der Waals surface area (Å²) in [6, 6.07) is 0. The van der Waals surface area contributed by atoms with E-state index < -0.39 is 4.92 Å². The van der Waals surface area contributed by atoms with Crippen LogP contribution >= 0.6 is 0 Å². The predicted octanol–water partition coefficient (Wildman–Crippen LogP) is -0.440. The van der Waals surface area contributed by atoms with E-state index in [0.29, 0.717) is 6.29 Å². The zero-order valence-corrected chi connectivity index (χ0v) is 5.77. The first kappa shape index (κ1) is 7.39. The van der Waals surface area contributed by atoms with Gasteiger partial charge in [0.1, 0.15) is 7.05 Å². The third-order valence-corrected chi connectivity index (χ3v) is 1.35. The average molecular weight is 156 g/mol. The minimum absolute atomic E-state index is 0.132. The Morgan fingerprint density at radius 1 is 1.82 bits per heavy atom. The molecule has 0 amide bonds. The standard InChI is InChI=1S/C5H5N3O3/c1-7-4(3-9)6-2-5(7)8(10)11/h2-3H,1H3/p+1.